The van der Waals surface area contributed by atoms with Gasteiger partial charge in [0.1, 0.15) is 11.5 Å². The molecular weight excluding hydrogens is 368 g/mol. The van der Waals surface area contributed by atoms with Crippen molar-refractivity contribution in [3.8, 4) is 16.9 Å². The Bertz CT molecular complexity index is 1010. The number of nitrogens with zero attached hydrogens (tertiary/aromatic N) is 3. The molecular formula is C20H16F2N3O3-. The number of carbonyl (C=O) groups excluding carboxylic acids is 1. The second kappa shape index (κ2) is 7.40. The van der Waals surface area contributed by atoms with Crippen molar-refractivity contribution in [3.05, 3.63) is 65.9 Å². The van der Waals surface area contributed by atoms with E-state index in [2.05, 4.69) is 10.00 Å². The Kier molecular flexibility index (Phi) is 4.79. The second-order valence-corrected chi connectivity index (χ2v) is 6.36. The van der Waals surface area contributed by atoms with Crippen LogP contribution < -0.4 is 10.0 Å². The van der Waals surface area contributed by atoms with Gasteiger partial charge in [-0.3, -0.25) is 0 Å². The average molecular weight is 384 g/mol. The number of benzene rings is 2. The van der Waals surface area contributed by atoms with E-state index in [1.807, 2.05) is 24.3 Å². The molecule has 0 radical (unpaired) electrons. The summed E-state index contributed by atoms with van der Waals surface area (Å²) in [5.74, 6) is -3.19. The summed E-state index contributed by atoms with van der Waals surface area (Å²) in [4.78, 5) is 13.7. The topological polar surface area (TPSA) is 70.4 Å². The first-order chi connectivity index (χ1) is 13.5. The minimum Gasteiger partial charge on any atom is -0.543 e. The van der Waals surface area contributed by atoms with Gasteiger partial charge in [-0.25, -0.2) is 13.5 Å². The SMILES string of the molecule is O=C([O-])c1cc(-c2ccc(N3CCOCC3)cc2)nn1-c1ccc(F)cc1F. The van der Waals surface area contributed by atoms with Gasteiger partial charge in [-0.2, -0.15) is 5.10 Å². The Morgan fingerprint density at radius 1 is 1.04 bits per heavy atom. The largest absolute Gasteiger partial charge is 0.543 e. The normalized spacial score (nSPS) is 14.3. The summed E-state index contributed by atoms with van der Waals surface area (Å²) in [6.45, 7) is 2.94. The molecule has 0 spiro atoms. The van der Waals surface area contributed by atoms with E-state index in [-0.39, 0.29) is 11.4 Å². The van der Waals surface area contributed by atoms with Gasteiger partial charge in [-0.05, 0) is 30.3 Å². The first-order valence-electron chi connectivity index (χ1n) is 8.73. The molecule has 144 valence electrons. The fourth-order valence-corrected chi connectivity index (χ4v) is 3.17. The molecule has 2 heterocycles. The molecule has 3 aromatic rings. The van der Waals surface area contributed by atoms with Gasteiger partial charge in [0.15, 0.2) is 5.82 Å². The van der Waals surface area contributed by atoms with Gasteiger partial charge in [-0.1, -0.05) is 12.1 Å². The maximum absolute atomic E-state index is 14.1. The molecule has 0 saturated carbocycles. The summed E-state index contributed by atoms with van der Waals surface area (Å²) in [5.41, 5.74) is 1.54. The molecule has 1 fully saturated rings. The lowest BCUT2D eigenvalue weighted by Gasteiger charge is -2.28. The Balaban J connectivity index is 1.69. The molecule has 28 heavy (non-hydrogen) atoms. The number of aromatic nitrogens is 2. The second-order valence-electron chi connectivity index (χ2n) is 6.36. The number of hydrogen-bond donors (Lipinski definition) is 0. The van der Waals surface area contributed by atoms with Crippen LogP contribution in [0.15, 0.2) is 48.5 Å². The Hall–Kier alpha value is -3.26. The molecule has 1 aliphatic heterocycles. The highest BCUT2D eigenvalue weighted by Gasteiger charge is 2.16. The van der Waals surface area contributed by atoms with Gasteiger partial charge in [0, 0.05) is 30.4 Å². The monoisotopic (exact) mass is 384 g/mol. The molecule has 1 aromatic heterocycles. The Morgan fingerprint density at radius 2 is 1.75 bits per heavy atom. The van der Waals surface area contributed by atoms with E-state index in [4.69, 9.17) is 4.74 Å². The van der Waals surface area contributed by atoms with Crippen LogP contribution in [0.3, 0.4) is 0 Å². The number of rotatable bonds is 4. The van der Waals surface area contributed by atoms with Crippen LogP contribution in [0, 0.1) is 11.6 Å². The standard InChI is InChI=1S/C20H17F2N3O3/c21-14-3-6-18(16(22)11-14)25-19(20(26)27)12-17(23-25)13-1-4-15(5-2-13)24-7-9-28-10-8-24/h1-6,11-12H,7-10H2,(H,26,27)/p-1. The number of anilines is 1. The number of aromatic carboxylic acids is 1. The van der Waals surface area contributed by atoms with Crippen molar-refractivity contribution in [1.82, 2.24) is 9.78 Å². The van der Waals surface area contributed by atoms with Crippen molar-refractivity contribution in [2.75, 3.05) is 31.2 Å². The first-order valence-corrected chi connectivity index (χ1v) is 8.73. The summed E-state index contributed by atoms with van der Waals surface area (Å²) in [7, 11) is 0. The molecule has 0 unspecified atom stereocenters. The van der Waals surface area contributed by atoms with Gasteiger partial charge >= 0.3 is 0 Å². The van der Waals surface area contributed by atoms with E-state index in [0.717, 1.165) is 35.6 Å². The van der Waals surface area contributed by atoms with Crippen LogP contribution in [-0.2, 0) is 4.74 Å². The number of carboxylic acids is 1. The van der Waals surface area contributed by atoms with E-state index in [0.29, 0.717) is 30.5 Å². The minimum absolute atomic E-state index is 0.170. The van der Waals surface area contributed by atoms with Crippen LogP contribution >= 0.6 is 0 Å². The lowest BCUT2D eigenvalue weighted by atomic mass is 10.1. The van der Waals surface area contributed by atoms with Crippen LogP contribution in [0.4, 0.5) is 14.5 Å². The van der Waals surface area contributed by atoms with Crippen molar-refractivity contribution >= 4 is 11.7 Å². The Morgan fingerprint density at radius 3 is 2.39 bits per heavy atom. The summed E-state index contributed by atoms with van der Waals surface area (Å²) in [5, 5.41) is 15.7. The molecule has 0 atom stereocenters. The molecule has 1 aliphatic rings. The number of ether oxygens (including phenoxy) is 1. The molecule has 1 saturated heterocycles. The third-order valence-electron chi connectivity index (χ3n) is 4.60. The molecule has 0 N–H and O–H groups in total. The number of hydrogen-bond acceptors (Lipinski definition) is 5. The van der Waals surface area contributed by atoms with Crippen LogP contribution in [0.25, 0.3) is 16.9 Å². The number of morpholine rings is 1. The van der Waals surface area contributed by atoms with E-state index >= 15 is 0 Å². The van der Waals surface area contributed by atoms with Crippen molar-refractivity contribution in [2.45, 2.75) is 0 Å². The zero-order chi connectivity index (χ0) is 19.7. The summed E-state index contributed by atoms with van der Waals surface area (Å²) in [6, 6.07) is 11.6. The highest BCUT2D eigenvalue weighted by molar-refractivity contribution is 5.86. The average Bonchev–Trinajstić information content (AvgIpc) is 3.14. The summed E-state index contributed by atoms with van der Waals surface area (Å²) >= 11 is 0. The van der Waals surface area contributed by atoms with Gasteiger partial charge in [-0.15, -0.1) is 0 Å². The van der Waals surface area contributed by atoms with Gasteiger partial charge in [0.25, 0.3) is 0 Å². The molecule has 8 heteroatoms. The van der Waals surface area contributed by atoms with Gasteiger partial charge < -0.3 is 19.5 Å². The quantitative estimate of drug-likeness (QED) is 0.688. The maximum Gasteiger partial charge on any atom is 0.151 e. The fraction of sp³-hybridized carbons (Fsp3) is 0.200. The van der Waals surface area contributed by atoms with E-state index in [9.17, 15) is 18.7 Å². The van der Waals surface area contributed by atoms with Crippen molar-refractivity contribution < 1.29 is 23.4 Å². The molecule has 0 bridgehead atoms. The molecule has 6 nitrogen and oxygen atoms in total. The third-order valence-corrected chi connectivity index (χ3v) is 4.60. The number of carboxylic acid groups (broad SMARTS) is 1. The zero-order valence-corrected chi connectivity index (χ0v) is 14.8. The smallest absolute Gasteiger partial charge is 0.151 e. The summed E-state index contributed by atoms with van der Waals surface area (Å²) < 4.78 is 33.5. The highest BCUT2D eigenvalue weighted by Crippen LogP contribution is 2.26. The van der Waals surface area contributed by atoms with Crippen LogP contribution in [0.2, 0.25) is 0 Å². The van der Waals surface area contributed by atoms with Crippen LogP contribution in [0.1, 0.15) is 10.5 Å². The fourth-order valence-electron chi connectivity index (χ4n) is 3.17. The third kappa shape index (κ3) is 3.46. The van der Waals surface area contributed by atoms with Crippen LogP contribution in [0.5, 0.6) is 0 Å². The van der Waals surface area contributed by atoms with Gasteiger partial charge in [0.05, 0.1) is 30.6 Å². The van der Waals surface area contributed by atoms with Crippen molar-refractivity contribution in [1.29, 1.82) is 0 Å². The predicted molar refractivity (Wildman–Crippen MR) is 96.3 cm³/mol. The van der Waals surface area contributed by atoms with E-state index < -0.39 is 17.6 Å². The maximum atomic E-state index is 14.1. The van der Waals surface area contributed by atoms with Crippen molar-refractivity contribution in [3.63, 3.8) is 0 Å². The molecule has 4 rings (SSSR count). The van der Waals surface area contributed by atoms with E-state index in [1.54, 1.807) is 0 Å². The molecule has 2 aromatic carbocycles. The van der Waals surface area contributed by atoms with E-state index in [1.165, 1.54) is 6.07 Å². The lowest BCUT2D eigenvalue weighted by molar-refractivity contribution is -0.255. The van der Waals surface area contributed by atoms with Gasteiger partial charge in [0.2, 0.25) is 0 Å². The van der Waals surface area contributed by atoms with Crippen LogP contribution in [-0.4, -0.2) is 42.1 Å². The highest BCUT2D eigenvalue weighted by atomic mass is 19.1. The molecule has 0 amide bonds. The summed E-state index contributed by atoms with van der Waals surface area (Å²) in [6.07, 6.45) is 0. The van der Waals surface area contributed by atoms with Crippen molar-refractivity contribution in [2.24, 2.45) is 0 Å². The zero-order valence-electron chi connectivity index (χ0n) is 14.8. The Labute approximate surface area is 159 Å². The lowest BCUT2D eigenvalue weighted by Crippen LogP contribution is -2.36. The first kappa shape index (κ1) is 18.1. The minimum atomic E-state index is -1.51. The molecule has 0 aliphatic carbocycles. The number of halogens is 2. The predicted octanol–water partition coefficient (Wildman–Crippen LogP) is 2.02. The number of carbonyl (C=O) groups is 1.